The van der Waals surface area contributed by atoms with Crippen LogP contribution in [-0.2, 0) is 73.2 Å². The van der Waals surface area contributed by atoms with Crippen molar-refractivity contribution < 1.29 is 109 Å². The molecule has 6 aliphatic heterocycles. The molecule has 6 aliphatic rings. The van der Waals surface area contributed by atoms with Gasteiger partial charge in [-0.05, 0) is 24.3 Å². The van der Waals surface area contributed by atoms with E-state index in [2.05, 4.69) is 79.9 Å². The van der Waals surface area contributed by atoms with E-state index in [0.717, 1.165) is 34.2 Å². The molecule has 16 rings (SSSR count). The van der Waals surface area contributed by atoms with Gasteiger partial charge < -0.3 is 72.5 Å². The molecule has 0 spiro atoms. The molecule has 121 heavy (non-hydrogen) atoms. The number of nitrogens with one attached hydrogen (secondary N) is 4. The summed E-state index contributed by atoms with van der Waals surface area (Å²) >= 11 is 0. The molecular weight excluding hydrogens is 1690 g/mol. The number of hydrogen-bond acceptors (Lipinski definition) is 28. The number of carbonyl (C=O) groups is 2. The van der Waals surface area contributed by atoms with E-state index in [1.54, 1.807) is 60.7 Å². The van der Waals surface area contributed by atoms with Gasteiger partial charge in [-0.3, -0.25) is 37.4 Å². The van der Waals surface area contributed by atoms with Crippen LogP contribution in [0.4, 0.5) is 38.0 Å². The van der Waals surface area contributed by atoms with Gasteiger partial charge in [0.1, 0.15) is 80.4 Å². The third-order valence-corrected chi connectivity index (χ3v) is 23.0. The van der Waals surface area contributed by atoms with Crippen LogP contribution < -0.4 is 21.8 Å². The molecule has 53 heteroatoms. The van der Waals surface area contributed by atoms with Gasteiger partial charge in [-0.2, -0.15) is 0 Å². The molecule has 40 nitrogen and oxygen atoms in total. The van der Waals surface area contributed by atoms with Crippen LogP contribution in [0.25, 0.3) is 63.8 Å². The van der Waals surface area contributed by atoms with Crippen molar-refractivity contribution in [1.82, 2.24) is 68.1 Å². The summed E-state index contributed by atoms with van der Waals surface area (Å²) in [4.78, 5) is 103. The number of imidazole rings is 2. The van der Waals surface area contributed by atoms with Crippen molar-refractivity contribution in [2.24, 2.45) is 0 Å². The van der Waals surface area contributed by atoms with Gasteiger partial charge in [0.15, 0.2) is 145 Å². The molecule has 0 saturated carbocycles. The second-order valence-corrected chi connectivity index (χ2v) is 30.3. The van der Waals surface area contributed by atoms with E-state index in [-0.39, 0.29) is 104 Å². The SMILES string of the molecule is [BH3-][P+]1(OCC[N+]#[C-])OC[C@H]2O[C@@H](n3cc(F)c4c(=O)[nH]cnc43)[C@@H](F)C2O[P+]([BH3-])(OCC[N+]#[C-])OC[C@H]2O[C@@H](n3cnc4c(NC(=O)c5ccccc5)ncnc43)[C@@H](F)C2O1.[BH3-][P+]1(OCC[N+]#[C-])OC[C@H]2O[C@@H](n3cnc4c(NC(=O)c5ccccc5)ncnc43)[C@@H](F)C2OP(OCC[N+]#[C-])OC[C@H]2O[C@@H](n3cc(F)c4c(=O)[nH]cnc43)[C@@H](F)C2O1. The molecule has 2 amide bonds. The molecule has 6 fully saturated rings. The number of aromatic amines is 2. The van der Waals surface area contributed by atoms with Gasteiger partial charge in [0.05, 0.1) is 31.9 Å². The van der Waals surface area contributed by atoms with Gasteiger partial charge in [0, 0.05) is 23.5 Å². The van der Waals surface area contributed by atoms with E-state index < -0.39 is 218 Å². The number of anilines is 2. The van der Waals surface area contributed by atoms with Crippen molar-refractivity contribution in [3.05, 3.63) is 200 Å². The van der Waals surface area contributed by atoms with Crippen molar-refractivity contribution in [3.8, 4) is 0 Å². The Morgan fingerprint density at radius 2 is 0.860 bits per heavy atom. The Morgan fingerprint density at radius 1 is 0.496 bits per heavy atom. The number of hydrogen-bond donors (Lipinski definition) is 4. The number of ether oxygens (including phenoxy) is 4. The average Bonchev–Trinajstić information content (AvgIpc) is 1.61. The summed E-state index contributed by atoms with van der Waals surface area (Å²) in [7, 11) is -16.2. The quantitative estimate of drug-likeness (QED) is 0.0237. The molecule has 8 unspecified atom stereocenters. The number of aromatic nitrogens is 14. The summed E-state index contributed by atoms with van der Waals surface area (Å²) < 4.78 is 202. The van der Waals surface area contributed by atoms with Crippen molar-refractivity contribution in [2.75, 3.05) is 89.7 Å². The molecule has 0 bridgehead atoms. The number of amides is 2. The highest BCUT2D eigenvalue weighted by molar-refractivity contribution is 7.86. The van der Waals surface area contributed by atoms with Gasteiger partial charge in [-0.25, -0.2) is 133 Å². The molecule has 8 aromatic heterocycles. The molecule has 10 aromatic rings. The van der Waals surface area contributed by atoms with Crippen molar-refractivity contribution in [3.63, 3.8) is 0 Å². The van der Waals surface area contributed by atoms with Gasteiger partial charge in [0.2, 0.25) is 72.3 Å². The first-order valence-electron chi connectivity index (χ1n) is 35.5. The summed E-state index contributed by atoms with van der Waals surface area (Å²) in [6.07, 6.45) is -15.6. The molecule has 2 aromatic carbocycles. The Morgan fingerprint density at radius 3 is 1.26 bits per heavy atom. The number of nitrogens with zero attached hydrogens (tertiary/aromatic N) is 16. The highest BCUT2D eigenvalue weighted by atomic mass is 31.2. The van der Waals surface area contributed by atoms with E-state index in [9.17, 15) is 19.2 Å². The van der Waals surface area contributed by atoms with Crippen LogP contribution in [0, 0.1) is 37.9 Å². The zero-order valence-corrected chi connectivity index (χ0v) is 64.1. The molecule has 14 heterocycles. The first-order chi connectivity index (χ1) is 58.5. The van der Waals surface area contributed by atoms with E-state index >= 15 is 26.3 Å². The van der Waals surface area contributed by atoms with Crippen molar-refractivity contribution >= 4 is 123 Å². The molecule has 0 radical (unpaired) electrons. The molecule has 6 saturated heterocycles. The summed E-state index contributed by atoms with van der Waals surface area (Å²) in [5.41, 5.74) is -0.590. The van der Waals surface area contributed by atoms with Crippen LogP contribution >= 0.6 is 32.1 Å². The second-order valence-electron chi connectivity index (χ2n) is 25.6. The fraction of sp³-hybridized carbons (Fsp3) is 0.412. The van der Waals surface area contributed by atoms with Gasteiger partial charge in [-0.1, -0.05) is 36.4 Å². The zero-order chi connectivity index (χ0) is 84.9. The summed E-state index contributed by atoms with van der Waals surface area (Å²) in [6.45, 7) is 26.6. The third-order valence-electron chi connectivity index (χ3n) is 18.4. The predicted molar refractivity (Wildman–Crippen MR) is 426 cm³/mol. The summed E-state index contributed by atoms with van der Waals surface area (Å²) in [5, 5.41) is 4.63. The van der Waals surface area contributed by atoms with Crippen LogP contribution in [0.3, 0.4) is 0 Å². The topological polar surface area (TPSA) is 412 Å². The van der Waals surface area contributed by atoms with E-state index in [1.807, 2.05) is 0 Å². The van der Waals surface area contributed by atoms with Gasteiger partial charge in [-0.15, -0.1) is 0 Å². The maximum atomic E-state index is 17.1. The number of fused-ring (bicyclic) bond motifs is 8. The fourth-order valence-electron chi connectivity index (χ4n) is 13.0. The van der Waals surface area contributed by atoms with Crippen LogP contribution in [0.15, 0.2) is 121 Å². The Kier molecular flexibility index (Phi) is 26.7. The number of H-pyrrole nitrogens is 2. The van der Waals surface area contributed by atoms with Crippen LogP contribution in [0.1, 0.15) is 45.6 Å². The summed E-state index contributed by atoms with van der Waals surface area (Å²) in [6, 6.07) is 16.9. The number of halogens is 6. The Hall–Kier alpha value is -9.87. The minimum atomic E-state index is -3.41. The monoisotopic (exact) mass is 1760 g/mol. The fourth-order valence-corrected chi connectivity index (χ4v) is 17.6. The highest BCUT2D eigenvalue weighted by Gasteiger charge is 2.60. The number of alkyl halides is 4. The molecule has 20 atom stereocenters. The standard InChI is InChI=1S/C34H37B2F3N10O10P2.C34H34BF3N10O10P2/c1-40-8-10-52-60(35)55-14-21-27(24(39)34(57-21)49-17-46-25-28(42-15-44-30(25)49)47-31(50)18-6-4-3-5-7-18)59-61(36,53-11-9-41-2)54-13-20-26(58-60)23(38)33(56-20)48-12-19(37)22-29(48)43-16-45-32(22)51;1-39-8-10-51-59-52-13-20-27(24(38)33(55-20)47-12-19(36)22-29(47)42-16-44-32(22)50)58-60(35,53-11-9-40-2)54-14-21-26(57-59)23(37)34(56-21)48-17-45-25-28(41-15-43-30(25)48)46-31(49)18-6-4-3-5-7-18/h3-7,12,15-17,20-21,23-24,26-27,33-34H,8-11,13-14H2,35-36H3,(H,43,45,51)(H,42,44,47,50);3-7,12,15-17,20-21,23-24,26-27,33-34H,8-11,13-14H2,35H3,(H,42,44,50)(H,41,43,46,49)/t20-,21-,23+,24+,26?,27?,33-,34-,60?,61?;20-,21-,23+,24+,26?,27?,33-,34-,59?,60?/m11/s1. The normalized spacial score (nSPS) is 30.0. The largest absolute Gasteiger partial charge is 0.346 e. The number of rotatable bonds is 20. The van der Waals surface area contributed by atoms with Crippen molar-refractivity contribution in [2.45, 2.75) is 98.4 Å². The van der Waals surface area contributed by atoms with Crippen LogP contribution in [-0.4, -0.2) is 255 Å². The first-order valence-corrected chi connectivity index (χ1v) is 39.9. The minimum absolute atomic E-state index is 0.0578. The maximum Gasteiger partial charge on any atom is 0.333 e. The zero-order valence-electron chi connectivity index (χ0n) is 60.5. The Balaban J connectivity index is 0.000000188. The minimum Gasteiger partial charge on any atom is -0.346 e. The molecule has 4 N–H and O–H groups in total. The van der Waals surface area contributed by atoms with E-state index in [0.29, 0.717) is 11.1 Å². The van der Waals surface area contributed by atoms with Crippen LogP contribution in [0.2, 0.25) is 0 Å². The number of benzene rings is 2. The highest BCUT2D eigenvalue weighted by Crippen LogP contribution is 2.66. The lowest BCUT2D eigenvalue weighted by Gasteiger charge is -2.34. The maximum absolute atomic E-state index is 17.1. The number of carbonyl (C=O) groups excluding carboxylic acids is 2. The molecule has 0 aliphatic carbocycles. The van der Waals surface area contributed by atoms with Crippen molar-refractivity contribution in [1.29, 1.82) is 0 Å². The van der Waals surface area contributed by atoms with Crippen LogP contribution in [0.5, 0.6) is 0 Å². The van der Waals surface area contributed by atoms with E-state index in [1.165, 1.54) is 34.4 Å². The molecular formula is C68H71B3F6N20O20P4. The van der Waals surface area contributed by atoms with Gasteiger partial charge in [0.25, 0.3) is 22.9 Å². The summed E-state index contributed by atoms with van der Waals surface area (Å²) in [5.74, 6) is -2.65. The Labute approximate surface area is 685 Å². The average molecular weight is 1760 g/mol. The predicted octanol–water partition coefficient (Wildman–Crippen LogP) is 5.59. The Bertz CT molecular complexity index is 5740. The third kappa shape index (κ3) is 18.3. The molecule has 634 valence electrons. The van der Waals surface area contributed by atoms with E-state index in [4.69, 9.17) is 99.5 Å². The second kappa shape index (κ2) is 37.5. The lowest BCUT2D eigenvalue weighted by atomic mass is 10.1. The lowest BCUT2D eigenvalue weighted by Crippen LogP contribution is -2.39. The van der Waals surface area contributed by atoms with Gasteiger partial charge >= 0.3 is 8.60 Å². The smallest absolute Gasteiger partial charge is 0.333 e. The first kappa shape index (κ1) is 86.1. The lowest BCUT2D eigenvalue weighted by molar-refractivity contribution is -0.0624.